The van der Waals surface area contributed by atoms with Gasteiger partial charge in [0.15, 0.2) is 5.78 Å². The minimum atomic E-state index is -0.0771. The van der Waals surface area contributed by atoms with Crippen molar-refractivity contribution in [1.82, 2.24) is 0 Å². The monoisotopic (exact) mass is 252 g/mol. The number of para-hydroxylation sites is 1. The number of ketones is 1. The molecule has 0 aliphatic carbocycles. The van der Waals surface area contributed by atoms with Gasteiger partial charge in [0.05, 0.1) is 12.5 Å². The molecular formula is C17H16O2. The quantitative estimate of drug-likeness (QED) is 0.761. The highest BCUT2D eigenvalue weighted by atomic mass is 16.5. The topological polar surface area (TPSA) is 26.3 Å². The van der Waals surface area contributed by atoms with Crippen LogP contribution >= 0.6 is 0 Å². The maximum Gasteiger partial charge on any atom is 0.170 e. The third-order valence-electron chi connectivity index (χ3n) is 3.58. The van der Waals surface area contributed by atoms with Crippen LogP contribution in [0.25, 0.3) is 0 Å². The Balaban J connectivity index is 1.98. The van der Waals surface area contributed by atoms with Gasteiger partial charge in [-0.15, -0.1) is 0 Å². The van der Waals surface area contributed by atoms with Gasteiger partial charge in [-0.3, -0.25) is 4.79 Å². The fraction of sp³-hybridized carbons (Fsp3) is 0.235. The van der Waals surface area contributed by atoms with Crippen LogP contribution in [0, 0.1) is 6.92 Å². The fourth-order valence-corrected chi connectivity index (χ4v) is 2.61. The Bertz CT molecular complexity index is 616. The second-order valence-corrected chi connectivity index (χ2v) is 4.96. The molecule has 19 heavy (non-hydrogen) atoms. The lowest BCUT2D eigenvalue weighted by atomic mass is 9.86. The molecule has 0 amide bonds. The maximum atomic E-state index is 12.7. The van der Waals surface area contributed by atoms with Gasteiger partial charge >= 0.3 is 0 Å². The molecule has 0 radical (unpaired) electrons. The lowest BCUT2D eigenvalue weighted by Crippen LogP contribution is -2.21. The van der Waals surface area contributed by atoms with Crippen molar-refractivity contribution < 1.29 is 9.53 Å². The summed E-state index contributed by atoms with van der Waals surface area (Å²) in [6.45, 7) is 2.62. The van der Waals surface area contributed by atoms with Crippen LogP contribution in [0.5, 0.6) is 5.75 Å². The van der Waals surface area contributed by atoms with Crippen LogP contribution in [-0.2, 0) is 0 Å². The zero-order valence-corrected chi connectivity index (χ0v) is 10.9. The number of ether oxygens (including phenoxy) is 1. The minimum absolute atomic E-state index is 0.0771. The first-order valence-electron chi connectivity index (χ1n) is 6.58. The minimum Gasteiger partial charge on any atom is -0.493 e. The molecule has 0 aromatic heterocycles. The highest BCUT2D eigenvalue weighted by Gasteiger charge is 2.27. The van der Waals surface area contributed by atoms with E-state index in [1.807, 2.05) is 55.5 Å². The van der Waals surface area contributed by atoms with E-state index in [4.69, 9.17) is 4.74 Å². The molecule has 1 aliphatic rings. The molecule has 1 heterocycles. The number of benzene rings is 2. The number of rotatable bonds is 2. The second kappa shape index (κ2) is 4.88. The molecule has 0 spiro atoms. The summed E-state index contributed by atoms with van der Waals surface area (Å²) >= 11 is 0. The maximum absolute atomic E-state index is 12.7. The van der Waals surface area contributed by atoms with Gasteiger partial charge in [0, 0.05) is 11.1 Å². The molecule has 0 fully saturated rings. The van der Waals surface area contributed by atoms with Crippen LogP contribution in [0.3, 0.4) is 0 Å². The number of carbonyl (C=O) groups excluding carboxylic acids is 1. The van der Waals surface area contributed by atoms with Crippen molar-refractivity contribution in [3.63, 3.8) is 0 Å². The van der Waals surface area contributed by atoms with Crippen LogP contribution in [0.2, 0.25) is 0 Å². The van der Waals surface area contributed by atoms with Crippen molar-refractivity contribution in [2.75, 3.05) is 6.61 Å². The summed E-state index contributed by atoms with van der Waals surface area (Å²) in [7, 11) is 0. The van der Waals surface area contributed by atoms with E-state index in [0.717, 1.165) is 28.9 Å². The Hall–Kier alpha value is -2.09. The molecule has 96 valence electrons. The average molecular weight is 252 g/mol. The first kappa shape index (κ1) is 12.0. The first-order valence-corrected chi connectivity index (χ1v) is 6.58. The molecule has 2 aromatic rings. The van der Waals surface area contributed by atoms with Crippen molar-refractivity contribution in [2.24, 2.45) is 0 Å². The molecule has 0 saturated heterocycles. The third kappa shape index (κ3) is 2.26. The van der Waals surface area contributed by atoms with E-state index >= 15 is 0 Å². The molecule has 0 N–H and O–H groups in total. The van der Waals surface area contributed by atoms with Crippen molar-refractivity contribution in [3.8, 4) is 5.75 Å². The van der Waals surface area contributed by atoms with Crippen LogP contribution in [-0.4, -0.2) is 12.4 Å². The van der Waals surface area contributed by atoms with Gasteiger partial charge in [-0.1, -0.05) is 42.0 Å². The summed E-state index contributed by atoms with van der Waals surface area (Å²) < 4.78 is 5.61. The van der Waals surface area contributed by atoms with Crippen LogP contribution < -0.4 is 4.74 Å². The average Bonchev–Trinajstić information content (AvgIpc) is 2.46. The Labute approximate surface area is 113 Å². The highest BCUT2D eigenvalue weighted by Crippen LogP contribution is 2.35. The summed E-state index contributed by atoms with van der Waals surface area (Å²) in [4.78, 5) is 12.7. The highest BCUT2D eigenvalue weighted by molar-refractivity contribution is 6.01. The van der Waals surface area contributed by atoms with Gasteiger partial charge in [-0.25, -0.2) is 0 Å². The Morgan fingerprint density at radius 1 is 1.16 bits per heavy atom. The van der Waals surface area contributed by atoms with Crippen molar-refractivity contribution in [2.45, 2.75) is 19.3 Å². The number of hydrogen-bond donors (Lipinski definition) is 0. The van der Waals surface area contributed by atoms with Gasteiger partial charge in [0.25, 0.3) is 0 Å². The van der Waals surface area contributed by atoms with E-state index < -0.39 is 0 Å². The van der Waals surface area contributed by atoms with E-state index in [-0.39, 0.29) is 11.7 Å². The molecule has 2 nitrogen and oxygen atoms in total. The van der Waals surface area contributed by atoms with E-state index in [2.05, 4.69) is 0 Å². The lowest BCUT2D eigenvalue weighted by Gasteiger charge is -2.24. The van der Waals surface area contributed by atoms with Crippen molar-refractivity contribution >= 4 is 5.78 Å². The normalized spacial score (nSPS) is 17.4. The van der Waals surface area contributed by atoms with Crippen LogP contribution in [0.15, 0.2) is 48.5 Å². The largest absolute Gasteiger partial charge is 0.493 e. The predicted octanol–water partition coefficient (Wildman–Crippen LogP) is 3.74. The van der Waals surface area contributed by atoms with Gasteiger partial charge in [-0.2, -0.15) is 0 Å². The molecule has 1 atom stereocenters. The summed E-state index contributed by atoms with van der Waals surface area (Å²) in [5.74, 6) is 0.964. The predicted molar refractivity (Wildman–Crippen MR) is 74.8 cm³/mol. The number of carbonyl (C=O) groups is 1. The SMILES string of the molecule is Cc1cccc(C(=O)C2CCOc3ccccc32)c1. The van der Waals surface area contributed by atoms with Gasteiger partial charge in [0.2, 0.25) is 0 Å². The standard InChI is InChI=1S/C17H16O2/c1-12-5-4-6-13(11-12)17(18)15-9-10-19-16-8-3-2-7-14(15)16/h2-8,11,15H,9-10H2,1H3. The van der Waals surface area contributed by atoms with Crippen molar-refractivity contribution in [3.05, 3.63) is 65.2 Å². The molecule has 3 rings (SSSR count). The van der Waals surface area contributed by atoms with E-state index in [0.29, 0.717) is 6.61 Å². The Morgan fingerprint density at radius 2 is 2.00 bits per heavy atom. The summed E-state index contributed by atoms with van der Waals surface area (Å²) in [6, 6.07) is 15.6. The third-order valence-corrected chi connectivity index (χ3v) is 3.58. The van der Waals surface area contributed by atoms with Crippen molar-refractivity contribution in [1.29, 1.82) is 0 Å². The zero-order valence-electron chi connectivity index (χ0n) is 10.9. The second-order valence-electron chi connectivity index (χ2n) is 4.96. The van der Waals surface area contributed by atoms with Crippen LogP contribution in [0.4, 0.5) is 0 Å². The van der Waals surface area contributed by atoms with E-state index in [1.54, 1.807) is 0 Å². The molecule has 1 aliphatic heterocycles. The first-order chi connectivity index (χ1) is 9.25. The van der Waals surface area contributed by atoms with Crippen LogP contribution in [0.1, 0.15) is 33.8 Å². The fourth-order valence-electron chi connectivity index (χ4n) is 2.61. The Morgan fingerprint density at radius 3 is 2.84 bits per heavy atom. The zero-order chi connectivity index (χ0) is 13.2. The molecule has 0 saturated carbocycles. The molecule has 2 aromatic carbocycles. The number of fused-ring (bicyclic) bond motifs is 1. The molecule has 0 bridgehead atoms. The van der Waals surface area contributed by atoms with E-state index in [1.165, 1.54) is 0 Å². The smallest absolute Gasteiger partial charge is 0.170 e. The molecule has 2 heteroatoms. The van der Waals surface area contributed by atoms with E-state index in [9.17, 15) is 4.79 Å². The number of Topliss-reactive ketones (excluding diaryl/α,β-unsaturated/α-hetero) is 1. The summed E-state index contributed by atoms with van der Waals surface area (Å²) in [6.07, 6.45) is 0.754. The Kier molecular flexibility index (Phi) is 3.08. The van der Waals surface area contributed by atoms with Gasteiger partial charge < -0.3 is 4.74 Å². The number of hydrogen-bond acceptors (Lipinski definition) is 2. The summed E-state index contributed by atoms with van der Waals surface area (Å²) in [5.41, 5.74) is 2.92. The summed E-state index contributed by atoms with van der Waals surface area (Å²) in [5, 5.41) is 0. The van der Waals surface area contributed by atoms with Gasteiger partial charge in [0.1, 0.15) is 5.75 Å². The lowest BCUT2D eigenvalue weighted by molar-refractivity contribution is 0.0933. The number of aryl methyl sites for hydroxylation is 1. The molecule has 1 unspecified atom stereocenters. The molecular weight excluding hydrogens is 236 g/mol. The van der Waals surface area contributed by atoms with Gasteiger partial charge in [-0.05, 0) is 25.5 Å².